The summed E-state index contributed by atoms with van der Waals surface area (Å²) in [7, 11) is 1.53. The molecule has 0 bridgehead atoms. The lowest BCUT2D eigenvalue weighted by atomic mass is 10.1. The molecule has 2 aromatic carbocycles. The normalized spacial score (nSPS) is 10.1. The topological polar surface area (TPSA) is 67.4 Å². The third-order valence-corrected chi connectivity index (χ3v) is 3.32. The molecule has 0 fully saturated rings. The molecule has 0 aliphatic heterocycles. The van der Waals surface area contributed by atoms with Gasteiger partial charge in [0.05, 0.1) is 13.5 Å². The molecule has 2 amide bonds. The molecule has 0 aliphatic carbocycles. The van der Waals surface area contributed by atoms with Crippen LogP contribution < -0.4 is 15.4 Å². The highest BCUT2D eigenvalue weighted by Crippen LogP contribution is 2.12. The van der Waals surface area contributed by atoms with Crippen LogP contribution in [-0.4, -0.2) is 32.0 Å². The lowest BCUT2D eigenvalue weighted by Gasteiger charge is -2.08. The van der Waals surface area contributed by atoms with Crippen molar-refractivity contribution < 1.29 is 18.7 Å². The van der Waals surface area contributed by atoms with Gasteiger partial charge in [0.25, 0.3) is 5.91 Å². The third-order valence-electron chi connectivity index (χ3n) is 3.32. The zero-order valence-electron chi connectivity index (χ0n) is 13.3. The molecular weight excluding hydrogens is 311 g/mol. The quantitative estimate of drug-likeness (QED) is 0.762. The van der Waals surface area contributed by atoms with Crippen LogP contribution in [0.1, 0.15) is 15.9 Å². The molecule has 2 aromatic rings. The van der Waals surface area contributed by atoms with Gasteiger partial charge in [-0.3, -0.25) is 9.59 Å². The monoisotopic (exact) mass is 330 g/mol. The molecule has 2 N–H and O–H groups in total. The summed E-state index contributed by atoms with van der Waals surface area (Å²) >= 11 is 0. The molecule has 0 heterocycles. The first-order chi connectivity index (χ1) is 11.6. The number of halogens is 1. The number of benzene rings is 2. The van der Waals surface area contributed by atoms with Gasteiger partial charge >= 0.3 is 0 Å². The zero-order valence-corrected chi connectivity index (χ0v) is 13.3. The first-order valence-electron chi connectivity index (χ1n) is 7.52. The molecule has 126 valence electrons. The summed E-state index contributed by atoms with van der Waals surface area (Å²) in [6.07, 6.45) is 0.0988. The highest BCUT2D eigenvalue weighted by molar-refractivity contribution is 5.94. The highest BCUT2D eigenvalue weighted by Gasteiger charge is 2.07. The predicted molar refractivity (Wildman–Crippen MR) is 88.4 cm³/mol. The van der Waals surface area contributed by atoms with Crippen molar-refractivity contribution in [3.05, 3.63) is 65.5 Å². The number of nitrogens with one attached hydrogen (secondary N) is 2. The molecule has 0 unspecified atom stereocenters. The molecule has 0 aliphatic rings. The molecule has 24 heavy (non-hydrogen) atoms. The number of methoxy groups -OCH3 is 1. The summed E-state index contributed by atoms with van der Waals surface area (Å²) in [6.45, 7) is 0.592. The van der Waals surface area contributed by atoms with Gasteiger partial charge in [-0.1, -0.05) is 18.2 Å². The lowest BCUT2D eigenvalue weighted by molar-refractivity contribution is -0.120. The standard InChI is InChI=1S/C18H19FN2O3/c1-24-16-7-3-5-14(12-16)18(23)21-9-8-20-17(22)11-13-4-2-6-15(19)10-13/h2-7,10,12H,8-9,11H2,1H3,(H,20,22)(H,21,23). The van der Waals surface area contributed by atoms with E-state index in [0.29, 0.717) is 30.0 Å². The minimum Gasteiger partial charge on any atom is -0.497 e. The maximum atomic E-state index is 13.0. The number of carbonyl (C=O) groups is 2. The molecule has 0 atom stereocenters. The van der Waals surface area contributed by atoms with Crippen molar-refractivity contribution in [3.8, 4) is 5.75 Å². The molecular formula is C18H19FN2O3. The number of hydrogen-bond donors (Lipinski definition) is 2. The van der Waals surface area contributed by atoms with Gasteiger partial charge in [-0.15, -0.1) is 0 Å². The van der Waals surface area contributed by atoms with Crippen molar-refractivity contribution in [2.24, 2.45) is 0 Å². The molecule has 0 radical (unpaired) electrons. The van der Waals surface area contributed by atoms with Crippen molar-refractivity contribution in [3.63, 3.8) is 0 Å². The Morgan fingerprint density at radius 3 is 2.54 bits per heavy atom. The first-order valence-corrected chi connectivity index (χ1v) is 7.52. The van der Waals surface area contributed by atoms with Crippen LogP contribution in [-0.2, 0) is 11.2 Å². The Balaban J connectivity index is 1.72. The first kappa shape index (κ1) is 17.5. The van der Waals surface area contributed by atoms with Gasteiger partial charge < -0.3 is 15.4 Å². The van der Waals surface area contributed by atoms with Crippen LogP contribution in [0.5, 0.6) is 5.75 Å². The second-order valence-electron chi connectivity index (χ2n) is 5.14. The van der Waals surface area contributed by atoms with E-state index in [1.807, 2.05) is 0 Å². The Labute approximate surface area is 139 Å². The van der Waals surface area contributed by atoms with E-state index in [4.69, 9.17) is 4.74 Å². The molecule has 6 heteroatoms. The second kappa shape index (κ2) is 8.67. The average molecular weight is 330 g/mol. The van der Waals surface area contributed by atoms with Gasteiger partial charge in [0.2, 0.25) is 5.91 Å². The van der Waals surface area contributed by atoms with Crippen molar-refractivity contribution in [1.82, 2.24) is 10.6 Å². The smallest absolute Gasteiger partial charge is 0.251 e. The molecule has 0 spiro atoms. The Morgan fingerprint density at radius 2 is 1.79 bits per heavy atom. The van der Waals surface area contributed by atoms with Crippen LogP contribution in [0, 0.1) is 5.82 Å². The number of rotatable bonds is 7. The number of carbonyl (C=O) groups excluding carboxylic acids is 2. The number of hydrogen-bond acceptors (Lipinski definition) is 3. The fourth-order valence-corrected chi connectivity index (χ4v) is 2.14. The SMILES string of the molecule is COc1cccc(C(=O)NCCNC(=O)Cc2cccc(F)c2)c1. The fraction of sp³-hybridized carbons (Fsp3) is 0.222. The Bertz CT molecular complexity index is 719. The Kier molecular flexibility index (Phi) is 6.31. The van der Waals surface area contributed by atoms with Crippen LogP contribution in [0.2, 0.25) is 0 Å². The Morgan fingerprint density at radius 1 is 1.04 bits per heavy atom. The van der Waals surface area contributed by atoms with E-state index in [-0.39, 0.29) is 24.1 Å². The minimum atomic E-state index is -0.370. The van der Waals surface area contributed by atoms with Gasteiger partial charge in [0.1, 0.15) is 11.6 Å². The van der Waals surface area contributed by atoms with E-state index in [1.54, 1.807) is 36.4 Å². The lowest BCUT2D eigenvalue weighted by Crippen LogP contribution is -2.35. The third kappa shape index (κ3) is 5.39. The minimum absolute atomic E-state index is 0.0988. The van der Waals surface area contributed by atoms with Crippen LogP contribution >= 0.6 is 0 Å². The summed E-state index contributed by atoms with van der Waals surface area (Å²) in [5, 5.41) is 5.39. The summed E-state index contributed by atoms with van der Waals surface area (Å²) < 4.78 is 18.1. The molecule has 0 saturated carbocycles. The van der Waals surface area contributed by atoms with Crippen LogP contribution in [0.3, 0.4) is 0 Å². The predicted octanol–water partition coefficient (Wildman–Crippen LogP) is 1.92. The summed E-state index contributed by atoms with van der Waals surface area (Å²) in [6, 6.07) is 12.7. The summed E-state index contributed by atoms with van der Waals surface area (Å²) in [4.78, 5) is 23.7. The van der Waals surface area contributed by atoms with Crippen LogP contribution in [0.4, 0.5) is 4.39 Å². The molecule has 0 saturated heterocycles. The molecule has 2 rings (SSSR count). The fourth-order valence-electron chi connectivity index (χ4n) is 2.14. The molecule has 5 nitrogen and oxygen atoms in total. The summed E-state index contributed by atoms with van der Waals surface area (Å²) in [5.41, 5.74) is 1.09. The van der Waals surface area contributed by atoms with E-state index in [2.05, 4.69) is 10.6 Å². The average Bonchev–Trinajstić information content (AvgIpc) is 2.58. The molecule has 0 aromatic heterocycles. The van der Waals surface area contributed by atoms with E-state index < -0.39 is 0 Å². The number of amides is 2. The van der Waals surface area contributed by atoms with Crippen molar-refractivity contribution in [2.75, 3.05) is 20.2 Å². The second-order valence-corrected chi connectivity index (χ2v) is 5.14. The van der Waals surface area contributed by atoms with E-state index in [9.17, 15) is 14.0 Å². The van der Waals surface area contributed by atoms with Gasteiger partial charge in [-0.2, -0.15) is 0 Å². The van der Waals surface area contributed by atoms with Crippen LogP contribution in [0.25, 0.3) is 0 Å². The van der Waals surface area contributed by atoms with Gasteiger partial charge in [-0.05, 0) is 35.9 Å². The van der Waals surface area contributed by atoms with E-state index >= 15 is 0 Å². The van der Waals surface area contributed by atoms with Gasteiger partial charge in [0.15, 0.2) is 0 Å². The van der Waals surface area contributed by atoms with Crippen molar-refractivity contribution in [1.29, 1.82) is 0 Å². The van der Waals surface area contributed by atoms with E-state index in [0.717, 1.165) is 0 Å². The van der Waals surface area contributed by atoms with Crippen molar-refractivity contribution in [2.45, 2.75) is 6.42 Å². The highest BCUT2D eigenvalue weighted by atomic mass is 19.1. The number of ether oxygens (including phenoxy) is 1. The Hall–Kier alpha value is -2.89. The van der Waals surface area contributed by atoms with Crippen LogP contribution in [0.15, 0.2) is 48.5 Å². The largest absolute Gasteiger partial charge is 0.497 e. The maximum absolute atomic E-state index is 13.0. The zero-order chi connectivity index (χ0) is 17.4. The van der Waals surface area contributed by atoms with Crippen molar-refractivity contribution >= 4 is 11.8 Å². The van der Waals surface area contributed by atoms with Gasteiger partial charge in [0, 0.05) is 18.7 Å². The van der Waals surface area contributed by atoms with Gasteiger partial charge in [-0.25, -0.2) is 4.39 Å². The maximum Gasteiger partial charge on any atom is 0.251 e. The van der Waals surface area contributed by atoms with E-state index in [1.165, 1.54) is 19.2 Å². The summed E-state index contributed by atoms with van der Waals surface area (Å²) in [5.74, 6) is -0.235.